The number of esters is 1. The fourth-order valence-electron chi connectivity index (χ4n) is 5.50. The molecule has 1 aromatic carbocycles. The molecule has 0 radical (unpaired) electrons. The molecule has 166 valence electrons. The number of carbonyl (C=O) groups excluding carboxylic acids is 4. The van der Waals surface area contributed by atoms with Crippen LogP contribution in [0.2, 0.25) is 0 Å². The van der Waals surface area contributed by atoms with Crippen LogP contribution in [0.4, 0.5) is 5.69 Å². The number of benzene rings is 1. The Morgan fingerprint density at radius 1 is 1.13 bits per heavy atom. The van der Waals surface area contributed by atoms with Crippen molar-refractivity contribution in [2.75, 3.05) is 19.0 Å². The molecule has 31 heavy (non-hydrogen) atoms. The molecule has 0 aromatic heterocycles. The highest BCUT2D eigenvalue weighted by molar-refractivity contribution is 6.08. The van der Waals surface area contributed by atoms with E-state index in [1.807, 2.05) is 0 Å². The standard InChI is InChI=1S/C23H28N2O6/c1-12(2)20(25-21(27)18-13-7-8-14(9-13)19(18)22(25)28)23(29)31-11-17(26)24-15-5-4-6-16(10-15)30-3/h4-6,10,12-14,18-20H,7-9,11H2,1-3H3,(H,24,26)/t13-,14-,18-,19+,20+/m0/s1. The number of rotatable bonds is 7. The lowest BCUT2D eigenvalue weighted by Gasteiger charge is -2.28. The Morgan fingerprint density at radius 3 is 2.35 bits per heavy atom. The minimum atomic E-state index is -1.02. The number of amides is 3. The summed E-state index contributed by atoms with van der Waals surface area (Å²) in [7, 11) is 1.52. The van der Waals surface area contributed by atoms with Gasteiger partial charge < -0.3 is 14.8 Å². The number of likely N-dealkylation sites (tertiary alicyclic amines) is 1. The van der Waals surface area contributed by atoms with E-state index < -0.39 is 24.5 Å². The summed E-state index contributed by atoms with van der Waals surface area (Å²) in [6.45, 7) is 3.03. The molecule has 1 aliphatic heterocycles. The Morgan fingerprint density at radius 2 is 1.77 bits per heavy atom. The second-order valence-electron chi connectivity index (χ2n) is 9.01. The molecule has 2 bridgehead atoms. The van der Waals surface area contributed by atoms with Crippen molar-refractivity contribution in [3.05, 3.63) is 24.3 Å². The van der Waals surface area contributed by atoms with E-state index in [1.165, 1.54) is 7.11 Å². The highest BCUT2D eigenvalue weighted by Crippen LogP contribution is 2.56. The Hall–Kier alpha value is -2.90. The minimum Gasteiger partial charge on any atom is -0.497 e. The van der Waals surface area contributed by atoms with Crippen LogP contribution >= 0.6 is 0 Å². The molecule has 2 saturated carbocycles. The van der Waals surface area contributed by atoms with Gasteiger partial charge in [0.25, 0.3) is 5.91 Å². The van der Waals surface area contributed by atoms with Crippen LogP contribution in [-0.2, 0) is 23.9 Å². The van der Waals surface area contributed by atoms with Crippen molar-refractivity contribution >= 4 is 29.4 Å². The zero-order valence-electron chi connectivity index (χ0n) is 18.0. The molecule has 5 atom stereocenters. The molecule has 3 amide bonds. The van der Waals surface area contributed by atoms with Crippen LogP contribution in [0.25, 0.3) is 0 Å². The first kappa shape index (κ1) is 21.3. The lowest BCUT2D eigenvalue weighted by atomic mass is 9.81. The first-order valence-corrected chi connectivity index (χ1v) is 10.8. The summed E-state index contributed by atoms with van der Waals surface area (Å²) in [4.78, 5) is 52.4. The van der Waals surface area contributed by atoms with Crippen molar-refractivity contribution < 1.29 is 28.7 Å². The van der Waals surface area contributed by atoms with Gasteiger partial charge in [0, 0.05) is 11.8 Å². The van der Waals surface area contributed by atoms with Crippen LogP contribution in [0, 0.1) is 29.6 Å². The number of nitrogens with one attached hydrogen (secondary N) is 1. The van der Waals surface area contributed by atoms with Gasteiger partial charge in [-0.2, -0.15) is 0 Å². The largest absolute Gasteiger partial charge is 0.497 e. The van der Waals surface area contributed by atoms with Gasteiger partial charge in [0.1, 0.15) is 11.8 Å². The van der Waals surface area contributed by atoms with Crippen LogP contribution in [0.1, 0.15) is 33.1 Å². The first-order valence-electron chi connectivity index (χ1n) is 10.8. The molecule has 1 aromatic rings. The maximum atomic E-state index is 13.1. The van der Waals surface area contributed by atoms with E-state index in [4.69, 9.17) is 9.47 Å². The van der Waals surface area contributed by atoms with Gasteiger partial charge in [-0.15, -0.1) is 0 Å². The van der Waals surface area contributed by atoms with Gasteiger partial charge in [0.15, 0.2) is 6.61 Å². The summed E-state index contributed by atoms with van der Waals surface area (Å²) in [6, 6.07) is 5.78. The van der Waals surface area contributed by atoms with Gasteiger partial charge in [-0.05, 0) is 49.1 Å². The molecule has 8 nitrogen and oxygen atoms in total. The van der Waals surface area contributed by atoms with Crippen LogP contribution in [-0.4, -0.2) is 48.3 Å². The molecule has 1 heterocycles. The van der Waals surface area contributed by atoms with Crippen molar-refractivity contribution in [2.45, 2.75) is 39.2 Å². The minimum absolute atomic E-state index is 0.244. The number of carbonyl (C=O) groups is 4. The zero-order valence-corrected chi connectivity index (χ0v) is 18.0. The summed E-state index contributed by atoms with van der Waals surface area (Å²) in [5, 5.41) is 2.64. The van der Waals surface area contributed by atoms with Crippen molar-refractivity contribution in [2.24, 2.45) is 29.6 Å². The first-order chi connectivity index (χ1) is 14.8. The molecule has 1 N–H and O–H groups in total. The van der Waals surface area contributed by atoms with Gasteiger partial charge >= 0.3 is 5.97 Å². The van der Waals surface area contributed by atoms with E-state index in [2.05, 4.69) is 5.32 Å². The lowest BCUT2D eigenvalue weighted by Crippen LogP contribution is -2.50. The van der Waals surface area contributed by atoms with Gasteiger partial charge in [-0.3, -0.25) is 19.3 Å². The summed E-state index contributed by atoms with van der Waals surface area (Å²) < 4.78 is 10.3. The predicted molar refractivity (Wildman–Crippen MR) is 111 cm³/mol. The maximum absolute atomic E-state index is 13.1. The van der Waals surface area contributed by atoms with Gasteiger partial charge in [0.05, 0.1) is 18.9 Å². The molecule has 8 heteroatoms. The van der Waals surface area contributed by atoms with E-state index in [0.29, 0.717) is 11.4 Å². The molecule has 4 rings (SSSR count). The third-order valence-electron chi connectivity index (χ3n) is 6.81. The fraction of sp³-hybridized carbons (Fsp3) is 0.565. The van der Waals surface area contributed by atoms with Crippen molar-refractivity contribution in [3.63, 3.8) is 0 Å². The Kier molecular flexibility index (Phi) is 5.73. The van der Waals surface area contributed by atoms with E-state index in [1.54, 1.807) is 38.1 Å². The third-order valence-corrected chi connectivity index (χ3v) is 6.81. The second kappa shape index (κ2) is 8.32. The number of imide groups is 1. The monoisotopic (exact) mass is 428 g/mol. The molecule has 0 spiro atoms. The van der Waals surface area contributed by atoms with Crippen molar-refractivity contribution in [1.29, 1.82) is 0 Å². The maximum Gasteiger partial charge on any atom is 0.330 e. The van der Waals surface area contributed by atoms with Crippen LogP contribution < -0.4 is 10.1 Å². The van der Waals surface area contributed by atoms with Crippen molar-refractivity contribution in [1.82, 2.24) is 4.90 Å². The van der Waals surface area contributed by atoms with Gasteiger partial charge in [-0.1, -0.05) is 19.9 Å². The molecule has 3 fully saturated rings. The molecule has 0 unspecified atom stereocenters. The quantitative estimate of drug-likeness (QED) is 0.528. The molecular formula is C23H28N2O6. The fourth-order valence-corrected chi connectivity index (χ4v) is 5.50. The predicted octanol–water partition coefficient (Wildman–Crippen LogP) is 2.23. The van der Waals surface area contributed by atoms with Gasteiger partial charge in [0.2, 0.25) is 11.8 Å². The zero-order chi connectivity index (χ0) is 22.3. The normalized spacial score (nSPS) is 27.4. The number of methoxy groups -OCH3 is 1. The number of hydrogen-bond donors (Lipinski definition) is 1. The Labute approximate surface area is 181 Å². The van der Waals surface area contributed by atoms with Crippen LogP contribution in [0.15, 0.2) is 24.3 Å². The SMILES string of the molecule is COc1cccc(NC(=O)COC(=O)[C@@H](C(C)C)N2C(=O)[C@@H]3[C@H]4CC[C@@H](C4)[C@@H]3C2=O)c1. The number of hydrogen-bond acceptors (Lipinski definition) is 6. The molecule has 2 aliphatic carbocycles. The smallest absolute Gasteiger partial charge is 0.330 e. The van der Waals surface area contributed by atoms with E-state index in [-0.39, 0.29) is 41.4 Å². The van der Waals surface area contributed by atoms with E-state index >= 15 is 0 Å². The second-order valence-corrected chi connectivity index (χ2v) is 9.01. The topological polar surface area (TPSA) is 102 Å². The Balaban J connectivity index is 1.40. The van der Waals surface area contributed by atoms with E-state index in [9.17, 15) is 19.2 Å². The number of anilines is 1. The Bertz CT molecular complexity index is 885. The highest BCUT2D eigenvalue weighted by atomic mass is 16.5. The van der Waals surface area contributed by atoms with Crippen molar-refractivity contribution in [3.8, 4) is 5.75 Å². The van der Waals surface area contributed by atoms with Crippen LogP contribution in [0.3, 0.4) is 0 Å². The average molecular weight is 428 g/mol. The summed E-state index contributed by atoms with van der Waals surface area (Å²) in [6.07, 6.45) is 2.88. The molecule has 3 aliphatic rings. The summed E-state index contributed by atoms with van der Waals surface area (Å²) >= 11 is 0. The number of ether oxygens (including phenoxy) is 2. The average Bonchev–Trinajstić information content (AvgIpc) is 3.42. The third kappa shape index (κ3) is 3.79. The number of fused-ring (bicyclic) bond motifs is 5. The van der Waals surface area contributed by atoms with E-state index in [0.717, 1.165) is 24.2 Å². The number of nitrogens with zero attached hydrogens (tertiary/aromatic N) is 1. The highest BCUT2D eigenvalue weighted by Gasteiger charge is 2.62. The van der Waals surface area contributed by atoms with Crippen LogP contribution in [0.5, 0.6) is 5.75 Å². The molecule has 1 saturated heterocycles. The summed E-state index contributed by atoms with van der Waals surface area (Å²) in [5.41, 5.74) is 0.508. The summed E-state index contributed by atoms with van der Waals surface area (Å²) in [5.74, 6) is -1.59. The lowest BCUT2D eigenvalue weighted by molar-refractivity contribution is -0.162. The molecular weight excluding hydrogens is 400 g/mol. The van der Waals surface area contributed by atoms with Gasteiger partial charge in [-0.25, -0.2) is 4.79 Å².